The second-order valence-electron chi connectivity index (χ2n) is 7.92. The third kappa shape index (κ3) is 8.58. The van der Waals surface area contributed by atoms with Gasteiger partial charge in [0, 0.05) is 37.6 Å². The second kappa shape index (κ2) is 13.5. The van der Waals surface area contributed by atoms with E-state index < -0.39 is 15.6 Å². The molecule has 0 unspecified atom stereocenters. The largest absolute Gasteiger partial charge is 3.00 e. The fourth-order valence-electron chi connectivity index (χ4n) is 4.37. The van der Waals surface area contributed by atoms with Crippen LogP contribution in [0.15, 0.2) is 48.8 Å². The summed E-state index contributed by atoms with van der Waals surface area (Å²) in [4.78, 5) is 14.4. The molecular formula is C22H30F3MnN4O3S+2. The SMILES string of the molecule is O=S(=O)(O)C(F)(F)F.[CH3-].[Mn+3].c1ccc(CN2CCC[C@@H]2[C@H]2CCCN2Cc2ccccn2)nc1. The smallest absolute Gasteiger partial charge is 0.358 e. The molecule has 2 fully saturated rings. The molecule has 0 aromatic carbocycles. The Kier molecular flexibility index (Phi) is 12.1. The van der Waals surface area contributed by atoms with Crippen molar-refractivity contribution in [2.24, 2.45) is 0 Å². The molecule has 2 atom stereocenters. The van der Waals surface area contributed by atoms with Gasteiger partial charge in [-0.05, 0) is 63.0 Å². The van der Waals surface area contributed by atoms with E-state index in [0.29, 0.717) is 12.1 Å². The number of halogens is 3. The van der Waals surface area contributed by atoms with E-state index in [2.05, 4.69) is 44.0 Å². The van der Waals surface area contributed by atoms with Crippen LogP contribution in [0.1, 0.15) is 37.1 Å². The molecule has 1 N–H and O–H groups in total. The van der Waals surface area contributed by atoms with E-state index in [-0.39, 0.29) is 24.5 Å². The van der Waals surface area contributed by atoms with Crippen molar-refractivity contribution in [3.05, 3.63) is 67.6 Å². The number of hydrogen-bond acceptors (Lipinski definition) is 6. The molecule has 12 heteroatoms. The minimum Gasteiger partial charge on any atom is -0.358 e. The van der Waals surface area contributed by atoms with Gasteiger partial charge >= 0.3 is 32.7 Å². The summed E-state index contributed by atoms with van der Waals surface area (Å²) in [6, 6.07) is 13.8. The number of alkyl halides is 3. The standard InChI is InChI=1S/C20H26N4.CHF3O3S.CH3.Mn/c1-3-11-21-17(7-1)15-23-13-5-9-19(23)20-10-6-14-24(20)16-18-8-2-4-12-22-18;2-1(3,4)8(5,6)7;;/h1-4,7-8,11-12,19-20H,5-6,9-10,13-16H2;(H,5,6,7);1H3;/q;;-1;+3/t19-,20-;;;/m1.../s1. The average Bonchev–Trinajstić information content (AvgIpc) is 3.37. The van der Waals surface area contributed by atoms with Crippen molar-refractivity contribution in [2.45, 2.75) is 56.4 Å². The molecule has 2 saturated heterocycles. The van der Waals surface area contributed by atoms with Gasteiger partial charge in [0.25, 0.3) is 0 Å². The summed E-state index contributed by atoms with van der Waals surface area (Å²) in [6.07, 6.45) is 9.07. The minimum absolute atomic E-state index is 0. The van der Waals surface area contributed by atoms with Crippen molar-refractivity contribution in [1.82, 2.24) is 19.8 Å². The molecule has 2 aromatic heterocycles. The number of likely N-dealkylation sites (tertiary alicyclic amines) is 2. The summed E-state index contributed by atoms with van der Waals surface area (Å²) >= 11 is 0. The van der Waals surface area contributed by atoms with Crippen molar-refractivity contribution in [3.63, 3.8) is 0 Å². The molecule has 2 aliphatic heterocycles. The number of rotatable bonds is 5. The molecule has 0 saturated carbocycles. The van der Waals surface area contributed by atoms with Crippen LogP contribution >= 0.6 is 0 Å². The molecule has 188 valence electrons. The van der Waals surface area contributed by atoms with Gasteiger partial charge in [0.15, 0.2) is 0 Å². The van der Waals surface area contributed by atoms with E-state index >= 15 is 0 Å². The van der Waals surface area contributed by atoms with E-state index in [9.17, 15) is 13.2 Å². The zero-order valence-corrected chi connectivity index (χ0v) is 20.9. The number of nitrogens with zero attached hydrogens (tertiary/aromatic N) is 4. The molecule has 0 radical (unpaired) electrons. The first kappa shape index (κ1) is 30.5. The summed E-state index contributed by atoms with van der Waals surface area (Å²) in [5.41, 5.74) is -3.15. The Bertz CT molecular complexity index is 895. The zero-order valence-electron chi connectivity index (χ0n) is 18.9. The second-order valence-corrected chi connectivity index (χ2v) is 9.34. The molecule has 2 aromatic rings. The van der Waals surface area contributed by atoms with Gasteiger partial charge < -0.3 is 7.43 Å². The molecule has 0 spiro atoms. The first-order chi connectivity index (χ1) is 15.1. The van der Waals surface area contributed by atoms with E-state index in [1.54, 1.807) is 0 Å². The van der Waals surface area contributed by atoms with Crippen LogP contribution in [0.5, 0.6) is 0 Å². The zero-order chi connectivity index (χ0) is 23.2. The van der Waals surface area contributed by atoms with Crippen LogP contribution in [-0.2, 0) is 40.3 Å². The molecule has 0 aliphatic carbocycles. The van der Waals surface area contributed by atoms with Gasteiger partial charge in [-0.1, -0.05) is 12.1 Å². The Morgan fingerprint density at radius 2 is 1.26 bits per heavy atom. The maximum Gasteiger partial charge on any atom is 3.00 e. The Balaban J connectivity index is 0.000000505. The number of aromatic nitrogens is 2. The quantitative estimate of drug-likeness (QED) is 0.265. The van der Waals surface area contributed by atoms with Crippen molar-refractivity contribution in [3.8, 4) is 0 Å². The van der Waals surface area contributed by atoms with Gasteiger partial charge in [0.1, 0.15) is 0 Å². The molecule has 2 aliphatic rings. The average molecular weight is 543 g/mol. The van der Waals surface area contributed by atoms with Crippen LogP contribution in [0, 0.1) is 7.43 Å². The normalized spacial score (nSPS) is 21.2. The number of pyridine rings is 2. The summed E-state index contributed by atoms with van der Waals surface area (Å²) in [6.45, 7) is 4.38. The molecule has 0 bridgehead atoms. The Labute approximate surface area is 210 Å². The van der Waals surface area contributed by atoms with Crippen LogP contribution in [-0.4, -0.2) is 63.4 Å². The third-order valence-corrected chi connectivity index (χ3v) is 6.33. The van der Waals surface area contributed by atoms with Gasteiger partial charge in [-0.15, -0.1) is 0 Å². The Morgan fingerprint density at radius 1 is 0.882 bits per heavy atom. The van der Waals surface area contributed by atoms with E-state index in [1.165, 1.54) is 50.2 Å². The molecule has 4 heterocycles. The van der Waals surface area contributed by atoms with Gasteiger partial charge in [-0.2, -0.15) is 21.6 Å². The Hall–Kier alpha value is -1.56. The third-order valence-electron chi connectivity index (χ3n) is 5.75. The fraction of sp³-hybridized carbons (Fsp3) is 0.500. The van der Waals surface area contributed by atoms with Crippen LogP contribution in [0.25, 0.3) is 0 Å². The van der Waals surface area contributed by atoms with Crippen molar-refractivity contribution in [2.75, 3.05) is 13.1 Å². The predicted octanol–water partition coefficient (Wildman–Crippen LogP) is 3.95. The van der Waals surface area contributed by atoms with Gasteiger partial charge in [0.2, 0.25) is 0 Å². The summed E-state index contributed by atoms with van der Waals surface area (Å²) in [7, 11) is -5.84. The predicted molar refractivity (Wildman–Crippen MR) is 119 cm³/mol. The van der Waals surface area contributed by atoms with Gasteiger partial charge in [-0.3, -0.25) is 24.3 Å². The number of hydrogen-bond donors (Lipinski definition) is 1. The van der Waals surface area contributed by atoms with Crippen LogP contribution in [0.2, 0.25) is 0 Å². The van der Waals surface area contributed by atoms with E-state index in [4.69, 9.17) is 13.0 Å². The molecule has 34 heavy (non-hydrogen) atoms. The van der Waals surface area contributed by atoms with Crippen molar-refractivity contribution < 1.29 is 43.2 Å². The van der Waals surface area contributed by atoms with E-state index in [0.717, 1.165) is 13.1 Å². The van der Waals surface area contributed by atoms with E-state index in [1.807, 2.05) is 24.5 Å². The van der Waals surface area contributed by atoms with Crippen LogP contribution < -0.4 is 0 Å². The minimum atomic E-state index is -5.84. The maximum absolute atomic E-state index is 10.7. The molecule has 0 amide bonds. The topological polar surface area (TPSA) is 86.6 Å². The van der Waals surface area contributed by atoms with Crippen LogP contribution in [0.4, 0.5) is 13.2 Å². The maximum atomic E-state index is 10.7. The summed E-state index contributed by atoms with van der Waals surface area (Å²) in [5.74, 6) is 0. The van der Waals surface area contributed by atoms with Gasteiger partial charge in [0.05, 0.1) is 11.4 Å². The molecule has 4 rings (SSSR count). The van der Waals surface area contributed by atoms with Gasteiger partial charge in [-0.25, -0.2) is 0 Å². The van der Waals surface area contributed by atoms with Crippen LogP contribution in [0.3, 0.4) is 0 Å². The first-order valence-electron chi connectivity index (χ1n) is 10.5. The molecular weight excluding hydrogens is 512 g/mol. The monoisotopic (exact) mass is 542 g/mol. The Morgan fingerprint density at radius 3 is 1.56 bits per heavy atom. The summed E-state index contributed by atoms with van der Waals surface area (Å²) < 4.78 is 57.5. The summed E-state index contributed by atoms with van der Waals surface area (Å²) in [5, 5.41) is 0. The molecule has 7 nitrogen and oxygen atoms in total. The fourth-order valence-corrected chi connectivity index (χ4v) is 4.37. The van der Waals surface area contributed by atoms with Crippen molar-refractivity contribution >= 4 is 10.1 Å². The van der Waals surface area contributed by atoms with Crippen molar-refractivity contribution in [1.29, 1.82) is 0 Å². The first-order valence-corrected chi connectivity index (χ1v) is 11.9.